The van der Waals surface area contributed by atoms with Crippen molar-refractivity contribution in [3.8, 4) is 29.1 Å². The molecule has 3 N–H and O–H groups in total. The quantitative estimate of drug-likeness (QED) is 0.0233. The Morgan fingerprint density at radius 1 is 0.688 bits per heavy atom. The zero-order valence-electron chi connectivity index (χ0n) is 51.8. The molecule has 9 aromatic rings. The van der Waals surface area contributed by atoms with Crippen LogP contribution in [0.25, 0.3) is 11.2 Å². The normalized spacial score (nSPS) is 19.0. The second-order valence-electron chi connectivity index (χ2n) is 22.0. The summed E-state index contributed by atoms with van der Waals surface area (Å²) in [5.41, 5.74) is -0.931. The van der Waals surface area contributed by atoms with Crippen LogP contribution in [0.15, 0.2) is 186 Å². The summed E-state index contributed by atoms with van der Waals surface area (Å²) in [7, 11) is -6.95. The molecule has 0 spiro atoms. The van der Waals surface area contributed by atoms with Crippen LogP contribution < -0.4 is 40.4 Å². The van der Waals surface area contributed by atoms with E-state index in [1.165, 1.54) is 52.0 Å². The molecule has 2 unspecified atom stereocenters. The summed E-state index contributed by atoms with van der Waals surface area (Å²) in [4.78, 5) is 69.3. The van der Waals surface area contributed by atoms with Gasteiger partial charge in [0.25, 0.3) is 11.5 Å². The second kappa shape index (κ2) is 30.3. The van der Waals surface area contributed by atoms with Gasteiger partial charge in [0.05, 0.1) is 62.9 Å². The smallest absolute Gasteiger partial charge is 0.497 e. The Balaban J connectivity index is 0.979. The minimum atomic E-state index is -5.20. The number of anilines is 2. The molecule has 30 heteroatoms. The number of nitriles is 1. The lowest BCUT2D eigenvalue weighted by atomic mass is 9.80. The molecule has 0 bridgehead atoms. The fourth-order valence-electron chi connectivity index (χ4n) is 10.6. The number of aromatic amines is 1. The highest BCUT2D eigenvalue weighted by Crippen LogP contribution is 2.57. The van der Waals surface area contributed by atoms with Crippen molar-refractivity contribution in [2.45, 2.75) is 75.6 Å². The molecule has 5 heterocycles. The summed E-state index contributed by atoms with van der Waals surface area (Å²) in [5, 5.41) is 14.8. The van der Waals surface area contributed by atoms with Crippen molar-refractivity contribution in [3.05, 3.63) is 229 Å². The Morgan fingerprint density at radius 2 is 1.22 bits per heavy atom. The van der Waals surface area contributed by atoms with Gasteiger partial charge >= 0.3 is 21.3 Å². The highest BCUT2D eigenvalue weighted by molar-refractivity contribution is 7.49. The average molecular weight is 1390 g/mol. The number of carbonyl (C=O) groups is 2. The van der Waals surface area contributed by atoms with Crippen LogP contribution in [0.1, 0.15) is 72.6 Å². The molecule has 2 fully saturated rings. The highest BCUT2D eigenvalue weighted by atomic mass is 35.5. The van der Waals surface area contributed by atoms with E-state index in [4.69, 9.17) is 74.0 Å². The predicted octanol–water partition coefficient (Wildman–Crippen LogP) is 12.2. The first-order chi connectivity index (χ1) is 46.4. The number of para-hydroxylation sites is 2. The lowest BCUT2D eigenvalue weighted by Crippen LogP contribution is -2.38. The largest absolute Gasteiger partial charge is 0.530 e. The van der Waals surface area contributed by atoms with Gasteiger partial charge in [0.2, 0.25) is 11.9 Å². The molecule has 8 atom stereocenters. The molecule has 2 amide bonds. The van der Waals surface area contributed by atoms with E-state index in [1.54, 1.807) is 107 Å². The third-order valence-electron chi connectivity index (χ3n) is 15.4. The molecule has 96 heavy (non-hydrogen) atoms. The molecular weight excluding hydrogens is 1320 g/mol. The minimum absolute atomic E-state index is 0.0157. The van der Waals surface area contributed by atoms with Crippen molar-refractivity contribution in [3.63, 3.8) is 0 Å². The molecule has 26 nitrogen and oxygen atoms in total. The summed E-state index contributed by atoms with van der Waals surface area (Å²) in [5.74, 6) is -0.853. The molecule has 498 valence electrons. The lowest BCUT2D eigenvalue weighted by molar-refractivity contribution is -0.118. The first kappa shape index (κ1) is 68.3. The molecule has 0 aliphatic carbocycles. The number of rotatable bonds is 28. The van der Waals surface area contributed by atoms with Crippen molar-refractivity contribution in [1.29, 1.82) is 5.26 Å². The van der Waals surface area contributed by atoms with Crippen LogP contribution in [-0.2, 0) is 51.8 Å². The van der Waals surface area contributed by atoms with Crippen LogP contribution in [0.3, 0.4) is 0 Å². The maximum atomic E-state index is 16.2. The van der Waals surface area contributed by atoms with Crippen molar-refractivity contribution in [2.24, 2.45) is 5.92 Å². The van der Waals surface area contributed by atoms with Crippen LogP contribution in [0.4, 0.5) is 11.8 Å². The maximum Gasteiger partial charge on any atom is 0.530 e. The van der Waals surface area contributed by atoms with Crippen LogP contribution in [0.2, 0.25) is 10.0 Å². The molecule has 11 rings (SSSR count). The molecule has 2 aliphatic rings. The zero-order valence-corrected chi connectivity index (χ0v) is 55.1. The molecule has 0 radical (unpaired) electrons. The topological polar surface area (TPSA) is 316 Å². The number of hydrogen-bond acceptors (Lipinski definition) is 21. The summed E-state index contributed by atoms with van der Waals surface area (Å²) in [6, 6.07) is 47.8. The number of nitrogens with one attached hydrogen (secondary N) is 3. The van der Waals surface area contributed by atoms with E-state index in [2.05, 4.69) is 30.6 Å². The number of imidazole rings is 1. The van der Waals surface area contributed by atoms with E-state index in [-0.39, 0.29) is 70.3 Å². The second-order valence-corrected chi connectivity index (χ2v) is 25.9. The average Bonchev–Trinajstić information content (AvgIpc) is 0.810. The van der Waals surface area contributed by atoms with Crippen molar-refractivity contribution in [2.75, 3.05) is 44.7 Å². The number of nitrogens with zero attached hydrogens (tertiary/aromatic N) is 6. The number of aromatic nitrogens is 6. The Morgan fingerprint density at radius 3 is 1.77 bits per heavy atom. The van der Waals surface area contributed by atoms with E-state index in [9.17, 15) is 24.4 Å². The van der Waals surface area contributed by atoms with Gasteiger partial charge in [-0.2, -0.15) is 15.2 Å². The van der Waals surface area contributed by atoms with Crippen molar-refractivity contribution < 1.29 is 69.5 Å². The number of methoxy groups -OCH3 is 2. The van der Waals surface area contributed by atoms with E-state index < -0.39 is 100 Å². The summed E-state index contributed by atoms with van der Waals surface area (Å²) < 4.78 is 103. The first-order valence-electron chi connectivity index (χ1n) is 30.0. The van der Waals surface area contributed by atoms with Crippen molar-refractivity contribution >= 4 is 73.6 Å². The van der Waals surface area contributed by atoms with E-state index in [0.29, 0.717) is 33.8 Å². The Labute approximate surface area is 559 Å². The van der Waals surface area contributed by atoms with E-state index in [1.807, 2.05) is 60.7 Å². The van der Waals surface area contributed by atoms with Gasteiger partial charge in [-0.3, -0.25) is 51.9 Å². The Hall–Kier alpha value is -9.06. The molecule has 2 aliphatic heterocycles. The third kappa shape index (κ3) is 15.7. The number of phosphoric ester groups is 2. The van der Waals surface area contributed by atoms with Gasteiger partial charge < -0.3 is 38.0 Å². The van der Waals surface area contributed by atoms with Gasteiger partial charge in [-0.15, -0.1) is 0 Å². The minimum Gasteiger partial charge on any atom is -0.497 e. The molecule has 0 saturated carbocycles. The van der Waals surface area contributed by atoms with Crippen LogP contribution in [0.5, 0.6) is 23.0 Å². The number of benzene rings is 6. The van der Waals surface area contributed by atoms with Crippen LogP contribution in [0, 0.1) is 17.2 Å². The van der Waals surface area contributed by atoms with E-state index >= 15 is 9.13 Å². The predicted molar refractivity (Wildman–Crippen MR) is 351 cm³/mol. The molecule has 2 saturated heterocycles. The zero-order chi connectivity index (χ0) is 67.6. The number of amides is 2. The number of carbonyl (C=O) groups excluding carboxylic acids is 2. The van der Waals surface area contributed by atoms with Crippen molar-refractivity contribution in [1.82, 2.24) is 29.1 Å². The fourth-order valence-corrected chi connectivity index (χ4v) is 13.9. The summed E-state index contributed by atoms with van der Waals surface area (Å²) >= 11 is 13.2. The van der Waals surface area contributed by atoms with Gasteiger partial charge in [0.15, 0.2) is 11.2 Å². The summed E-state index contributed by atoms with van der Waals surface area (Å²) in [6.07, 6.45) is -6.14. The number of H-pyrrole nitrogens is 1. The SMILES string of the molecule is COc1ccc(C(OC[C@H]2O[C@@H](n3ccc(NC(=O)c4ccccc4)nc3=O)C[C@@H]2OP(=O)(OC[C@H]2O[C@@H](n3cnc4c(=O)[nH]c(NC(=O)C(C)C)nc43)C[C@@H]2OP(=O)(OCCC#N)Oc2ccccc2Cl)Oc2ccccc2Cl)(c2ccccc2)c2ccc(OC)cc2)cc1. The number of halogens is 2. The Bertz CT molecular complexity index is 4440. The highest BCUT2D eigenvalue weighted by Gasteiger charge is 2.50. The van der Waals surface area contributed by atoms with Gasteiger partial charge in [-0.05, 0) is 83.4 Å². The number of phosphoric acid groups is 2. The number of fused-ring (bicyclic) bond motifs is 1. The summed E-state index contributed by atoms with van der Waals surface area (Å²) in [6.45, 7) is 1.71. The first-order valence-corrected chi connectivity index (χ1v) is 33.7. The standard InChI is InChI=1S/C66H63Cl2N9O17P2/c1-41(2)61(78)74-64-73-60-59(63(80)75-64)70-40-77(60)58-37-53(93-95(82,87-35-15-33-69)91-50-22-13-11-20-48(50)67)55(90-58)39-88-96(83,92-51-23-14-12-21-49(51)68)94-52-36-57(76-34-32-56(72-65(76)81)71-62(79)42-16-7-5-8-17-42)89-54(52)38-86-66(43-18-9-6-10-19-43,44-24-28-46(84-3)29-25-44)45-26-30-47(85-4)31-27-45/h5-14,16-32,34,40-41,52-55,57-58H,15,35-39H2,1-4H3,(H,71,72,79,81)(H2,73,74,75,78,80)/t52-,53-,54+,55+,57+,58+,95?,96?/m0/s1. The van der Waals surface area contributed by atoms with Crippen LogP contribution in [-0.4, -0.2) is 99.3 Å². The van der Waals surface area contributed by atoms with Gasteiger partial charge in [-0.25, -0.2) is 18.9 Å². The van der Waals surface area contributed by atoms with E-state index in [0.717, 1.165) is 0 Å². The monoisotopic (exact) mass is 1390 g/mol. The lowest BCUT2D eigenvalue weighted by Gasteiger charge is -2.37. The number of ether oxygens (including phenoxy) is 5. The number of hydrogen-bond donors (Lipinski definition) is 3. The van der Waals surface area contributed by atoms with Gasteiger partial charge in [-0.1, -0.05) is 134 Å². The molecule has 3 aromatic heterocycles. The van der Waals surface area contributed by atoms with Gasteiger partial charge in [0.1, 0.15) is 71.3 Å². The van der Waals surface area contributed by atoms with Gasteiger partial charge in [0, 0.05) is 30.5 Å². The fraction of sp³-hybridized carbons (Fsp3) is 0.273. The molecule has 6 aromatic carbocycles. The third-order valence-corrected chi connectivity index (χ3v) is 18.9. The molecular formula is C66H63Cl2N9O17P2. The van der Waals surface area contributed by atoms with Crippen LogP contribution >= 0.6 is 38.8 Å². The maximum absolute atomic E-state index is 16.2. The Kier molecular flexibility index (Phi) is 21.6.